The summed E-state index contributed by atoms with van der Waals surface area (Å²) in [6, 6.07) is 0.232. The Labute approximate surface area is 104 Å². The van der Waals surface area contributed by atoms with Gasteiger partial charge in [-0.25, -0.2) is 0 Å². The highest BCUT2D eigenvalue weighted by atomic mass is 16.5. The largest absolute Gasteiger partial charge is 0.375 e. The summed E-state index contributed by atoms with van der Waals surface area (Å²) in [5, 5.41) is 0. The zero-order valence-electron chi connectivity index (χ0n) is 11.3. The van der Waals surface area contributed by atoms with Crippen molar-refractivity contribution in [3.8, 4) is 0 Å². The Bertz CT molecular complexity index is 246. The van der Waals surface area contributed by atoms with E-state index in [2.05, 4.69) is 13.8 Å². The van der Waals surface area contributed by atoms with Crippen LogP contribution in [0.1, 0.15) is 46.5 Å². The monoisotopic (exact) mass is 242 g/mol. The van der Waals surface area contributed by atoms with Crippen molar-refractivity contribution >= 4 is 5.91 Å². The van der Waals surface area contributed by atoms with Gasteiger partial charge in [-0.05, 0) is 19.8 Å². The molecule has 1 aliphatic heterocycles. The number of rotatable bonds is 5. The van der Waals surface area contributed by atoms with E-state index in [1.807, 2.05) is 11.8 Å². The first-order valence-corrected chi connectivity index (χ1v) is 6.75. The van der Waals surface area contributed by atoms with Crippen LogP contribution < -0.4 is 5.73 Å². The molecule has 0 aliphatic carbocycles. The van der Waals surface area contributed by atoms with Gasteiger partial charge in [-0.3, -0.25) is 4.79 Å². The molecule has 0 aromatic carbocycles. The number of hydrogen-bond donors (Lipinski definition) is 1. The van der Waals surface area contributed by atoms with Crippen LogP contribution in [0.25, 0.3) is 0 Å². The van der Waals surface area contributed by atoms with Gasteiger partial charge >= 0.3 is 0 Å². The van der Waals surface area contributed by atoms with Crippen LogP contribution in [-0.2, 0) is 9.53 Å². The second-order valence-corrected chi connectivity index (χ2v) is 5.01. The Morgan fingerprint density at radius 2 is 2.24 bits per heavy atom. The Kier molecular flexibility index (Phi) is 5.92. The van der Waals surface area contributed by atoms with E-state index in [0.29, 0.717) is 19.6 Å². The van der Waals surface area contributed by atoms with Gasteiger partial charge in [0.2, 0.25) is 5.91 Å². The molecule has 1 aliphatic rings. The molecule has 3 atom stereocenters. The van der Waals surface area contributed by atoms with Gasteiger partial charge in [-0.1, -0.05) is 20.3 Å². The summed E-state index contributed by atoms with van der Waals surface area (Å²) in [6.45, 7) is 7.56. The summed E-state index contributed by atoms with van der Waals surface area (Å²) < 4.78 is 5.59. The second-order valence-electron chi connectivity index (χ2n) is 5.01. The molecule has 0 aromatic heterocycles. The molecule has 100 valence electrons. The predicted molar refractivity (Wildman–Crippen MR) is 68.7 cm³/mol. The molecule has 0 aromatic rings. The lowest BCUT2D eigenvalue weighted by atomic mass is 10.1. The van der Waals surface area contributed by atoms with Crippen molar-refractivity contribution in [3.05, 3.63) is 0 Å². The van der Waals surface area contributed by atoms with Crippen LogP contribution in [0.4, 0.5) is 0 Å². The number of amides is 1. The van der Waals surface area contributed by atoms with Crippen LogP contribution in [0.15, 0.2) is 0 Å². The van der Waals surface area contributed by atoms with Gasteiger partial charge < -0.3 is 15.4 Å². The first-order valence-electron chi connectivity index (χ1n) is 6.75. The van der Waals surface area contributed by atoms with E-state index in [4.69, 9.17) is 10.5 Å². The lowest BCUT2D eigenvalue weighted by molar-refractivity contribution is -0.144. The third-order valence-electron chi connectivity index (χ3n) is 3.36. The molecule has 4 heteroatoms. The molecule has 17 heavy (non-hydrogen) atoms. The number of morpholine rings is 1. The van der Waals surface area contributed by atoms with E-state index in [9.17, 15) is 4.79 Å². The van der Waals surface area contributed by atoms with Gasteiger partial charge in [-0.2, -0.15) is 0 Å². The van der Waals surface area contributed by atoms with Gasteiger partial charge in [0, 0.05) is 19.0 Å². The van der Waals surface area contributed by atoms with Crippen LogP contribution in [-0.4, -0.2) is 42.1 Å². The third-order valence-corrected chi connectivity index (χ3v) is 3.36. The molecular weight excluding hydrogens is 216 g/mol. The minimum Gasteiger partial charge on any atom is -0.375 e. The number of ether oxygens (including phenoxy) is 1. The Hall–Kier alpha value is -0.610. The molecule has 1 saturated heterocycles. The molecule has 0 spiro atoms. The number of carbonyl (C=O) groups excluding carboxylic acids is 1. The summed E-state index contributed by atoms with van der Waals surface area (Å²) in [6.07, 6.45) is 3.51. The summed E-state index contributed by atoms with van der Waals surface area (Å²) >= 11 is 0. The van der Waals surface area contributed by atoms with Crippen molar-refractivity contribution in [2.75, 3.05) is 13.2 Å². The van der Waals surface area contributed by atoms with Crippen LogP contribution in [0, 0.1) is 0 Å². The second kappa shape index (κ2) is 6.97. The molecule has 0 saturated carbocycles. The smallest absolute Gasteiger partial charge is 0.224 e. The van der Waals surface area contributed by atoms with Crippen molar-refractivity contribution in [3.63, 3.8) is 0 Å². The maximum atomic E-state index is 12.2. The Morgan fingerprint density at radius 1 is 1.53 bits per heavy atom. The fraction of sp³-hybridized carbons (Fsp3) is 0.923. The molecule has 1 heterocycles. The molecule has 2 N–H and O–H groups in total. The predicted octanol–water partition coefficient (Wildman–Crippen LogP) is 1.53. The summed E-state index contributed by atoms with van der Waals surface area (Å²) in [5.41, 5.74) is 5.93. The normalized spacial score (nSPS) is 26.9. The summed E-state index contributed by atoms with van der Waals surface area (Å²) in [7, 11) is 0. The molecule has 3 unspecified atom stereocenters. The topological polar surface area (TPSA) is 55.6 Å². The molecule has 0 radical (unpaired) electrons. The maximum Gasteiger partial charge on any atom is 0.224 e. The fourth-order valence-corrected chi connectivity index (χ4v) is 2.30. The van der Waals surface area contributed by atoms with Gasteiger partial charge in [-0.15, -0.1) is 0 Å². The quantitative estimate of drug-likeness (QED) is 0.795. The Morgan fingerprint density at radius 3 is 2.82 bits per heavy atom. The molecule has 4 nitrogen and oxygen atoms in total. The SMILES string of the molecule is CCCC(N)CC(=O)N1CC(C)OCC1CC. The van der Waals surface area contributed by atoms with E-state index in [0.717, 1.165) is 19.3 Å². The van der Waals surface area contributed by atoms with Crippen LogP contribution in [0.5, 0.6) is 0 Å². The highest BCUT2D eigenvalue weighted by Crippen LogP contribution is 2.16. The number of carbonyl (C=O) groups is 1. The van der Waals surface area contributed by atoms with E-state index in [-0.39, 0.29) is 24.1 Å². The van der Waals surface area contributed by atoms with Crippen molar-refractivity contribution < 1.29 is 9.53 Å². The van der Waals surface area contributed by atoms with E-state index < -0.39 is 0 Å². The average Bonchev–Trinajstić information content (AvgIpc) is 2.29. The maximum absolute atomic E-state index is 12.2. The average molecular weight is 242 g/mol. The summed E-state index contributed by atoms with van der Waals surface area (Å²) in [4.78, 5) is 14.2. The zero-order chi connectivity index (χ0) is 12.8. The number of nitrogens with zero attached hydrogens (tertiary/aromatic N) is 1. The summed E-state index contributed by atoms with van der Waals surface area (Å²) in [5.74, 6) is 0.188. The first kappa shape index (κ1) is 14.5. The van der Waals surface area contributed by atoms with Crippen molar-refractivity contribution in [1.29, 1.82) is 0 Å². The van der Waals surface area contributed by atoms with Gasteiger partial charge in [0.25, 0.3) is 0 Å². The molecule has 1 rings (SSSR count). The minimum atomic E-state index is 0.00292. The van der Waals surface area contributed by atoms with Gasteiger partial charge in [0.15, 0.2) is 0 Å². The first-order chi connectivity index (χ1) is 8.08. The lowest BCUT2D eigenvalue weighted by Gasteiger charge is -2.38. The Balaban J connectivity index is 2.52. The highest BCUT2D eigenvalue weighted by molar-refractivity contribution is 5.77. The van der Waals surface area contributed by atoms with Crippen molar-refractivity contribution in [2.45, 2.75) is 64.6 Å². The van der Waals surface area contributed by atoms with E-state index in [1.165, 1.54) is 0 Å². The van der Waals surface area contributed by atoms with Crippen LogP contribution in [0.3, 0.4) is 0 Å². The van der Waals surface area contributed by atoms with Gasteiger partial charge in [0.05, 0.1) is 18.8 Å². The number of nitrogens with two attached hydrogens (primary N) is 1. The van der Waals surface area contributed by atoms with Crippen molar-refractivity contribution in [1.82, 2.24) is 4.90 Å². The molecular formula is C13H26N2O2. The fourth-order valence-electron chi connectivity index (χ4n) is 2.30. The van der Waals surface area contributed by atoms with E-state index in [1.54, 1.807) is 0 Å². The molecule has 1 fully saturated rings. The number of hydrogen-bond acceptors (Lipinski definition) is 3. The minimum absolute atomic E-state index is 0.00292. The standard InChI is InChI=1S/C13H26N2O2/c1-4-6-11(14)7-13(16)15-8-10(3)17-9-12(15)5-2/h10-12H,4-9,14H2,1-3H3. The van der Waals surface area contributed by atoms with Crippen LogP contribution >= 0.6 is 0 Å². The lowest BCUT2D eigenvalue weighted by Crippen LogP contribution is -2.52. The molecule has 0 bridgehead atoms. The molecule has 1 amide bonds. The van der Waals surface area contributed by atoms with E-state index >= 15 is 0 Å². The zero-order valence-corrected chi connectivity index (χ0v) is 11.3. The van der Waals surface area contributed by atoms with Gasteiger partial charge in [0.1, 0.15) is 0 Å². The third kappa shape index (κ3) is 4.28. The van der Waals surface area contributed by atoms with Crippen LogP contribution in [0.2, 0.25) is 0 Å². The van der Waals surface area contributed by atoms with Crippen molar-refractivity contribution in [2.24, 2.45) is 5.73 Å². The highest BCUT2D eigenvalue weighted by Gasteiger charge is 2.29.